The number of carboxylic acids is 1. The number of carbonyl (C=O) groups excluding carboxylic acids is 1. The summed E-state index contributed by atoms with van der Waals surface area (Å²) in [4.78, 5) is 21.5. The van der Waals surface area contributed by atoms with Gasteiger partial charge in [-0.25, -0.2) is 0 Å². The van der Waals surface area contributed by atoms with Gasteiger partial charge >= 0.3 is 5.97 Å². The van der Waals surface area contributed by atoms with Crippen molar-refractivity contribution < 1.29 is 19.4 Å². The predicted octanol–water partition coefficient (Wildman–Crippen LogP) is 1.89. The van der Waals surface area contributed by atoms with Gasteiger partial charge in [-0.3, -0.25) is 9.59 Å². The number of carboxylic acid groups (broad SMARTS) is 1. The average molecular weight is 237 g/mol. The second kappa shape index (κ2) is 5.89. The molecule has 0 spiro atoms. The molecule has 1 aromatic rings. The molecule has 1 aromatic carbocycles. The Morgan fingerprint density at radius 1 is 1.41 bits per heavy atom. The van der Waals surface area contributed by atoms with E-state index in [-0.39, 0.29) is 12.3 Å². The van der Waals surface area contributed by atoms with Crippen LogP contribution in [-0.4, -0.2) is 23.1 Å². The number of hydrogen-bond acceptors (Lipinski definition) is 3. The molecule has 0 aliphatic heterocycles. The van der Waals surface area contributed by atoms with Crippen LogP contribution in [0.4, 0.5) is 5.69 Å². The highest BCUT2D eigenvalue weighted by Crippen LogP contribution is 2.25. The van der Waals surface area contributed by atoms with Gasteiger partial charge in [0.1, 0.15) is 11.9 Å². The minimum absolute atomic E-state index is 0.0889. The molecular formula is C12H15NO4. The fraction of sp³-hybridized carbons (Fsp3) is 0.333. The van der Waals surface area contributed by atoms with E-state index in [1.165, 1.54) is 6.92 Å². The predicted molar refractivity (Wildman–Crippen MR) is 63.1 cm³/mol. The Morgan fingerprint density at radius 3 is 2.65 bits per heavy atom. The largest absolute Gasteiger partial charge is 0.488 e. The first-order valence-electron chi connectivity index (χ1n) is 5.24. The Labute approximate surface area is 99.4 Å². The molecule has 1 rings (SSSR count). The van der Waals surface area contributed by atoms with Crippen molar-refractivity contribution in [3.05, 3.63) is 24.3 Å². The van der Waals surface area contributed by atoms with Crippen molar-refractivity contribution in [2.75, 3.05) is 5.32 Å². The Kier molecular flexibility index (Phi) is 4.51. The molecule has 0 unspecified atom stereocenters. The Balaban J connectivity index is 2.75. The lowest BCUT2D eigenvalue weighted by Crippen LogP contribution is -2.18. The Bertz CT molecular complexity index is 417. The second-order valence-corrected chi connectivity index (χ2v) is 3.70. The van der Waals surface area contributed by atoms with Crippen LogP contribution in [0, 0.1) is 0 Å². The van der Waals surface area contributed by atoms with E-state index in [1.807, 2.05) is 0 Å². The SMILES string of the molecule is CC(=O)Nc1ccccc1O[C@H](C)CC(=O)O. The number of carbonyl (C=O) groups is 2. The van der Waals surface area contributed by atoms with E-state index in [4.69, 9.17) is 9.84 Å². The van der Waals surface area contributed by atoms with Crippen LogP contribution in [0.15, 0.2) is 24.3 Å². The molecular weight excluding hydrogens is 222 g/mol. The lowest BCUT2D eigenvalue weighted by Gasteiger charge is -2.15. The zero-order valence-electron chi connectivity index (χ0n) is 9.77. The van der Waals surface area contributed by atoms with Gasteiger partial charge in [-0.05, 0) is 19.1 Å². The molecule has 0 fully saturated rings. The third-order valence-electron chi connectivity index (χ3n) is 1.99. The van der Waals surface area contributed by atoms with Crippen molar-refractivity contribution >= 4 is 17.6 Å². The van der Waals surface area contributed by atoms with E-state index in [1.54, 1.807) is 31.2 Å². The Morgan fingerprint density at radius 2 is 2.06 bits per heavy atom. The van der Waals surface area contributed by atoms with Crippen LogP contribution < -0.4 is 10.1 Å². The van der Waals surface area contributed by atoms with Gasteiger partial charge < -0.3 is 15.2 Å². The van der Waals surface area contributed by atoms with Crippen molar-refractivity contribution in [2.24, 2.45) is 0 Å². The van der Waals surface area contributed by atoms with Gasteiger partial charge in [0.05, 0.1) is 12.1 Å². The van der Waals surface area contributed by atoms with Crippen LogP contribution in [0.3, 0.4) is 0 Å². The first kappa shape index (κ1) is 13.0. The minimum Gasteiger partial charge on any atom is -0.488 e. The molecule has 0 aromatic heterocycles. The summed E-state index contributed by atoms with van der Waals surface area (Å²) in [7, 11) is 0. The molecule has 5 heteroatoms. The fourth-order valence-electron chi connectivity index (χ4n) is 1.37. The van der Waals surface area contributed by atoms with Gasteiger partial charge in [0.25, 0.3) is 0 Å². The average Bonchev–Trinajstić information content (AvgIpc) is 2.18. The highest BCUT2D eigenvalue weighted by molar-refractivity contribution is 5.90. The van der Waals surface area contributed by atoms with Crippen LogP contribution in [-0.2, 0) is 9.59 Å². The van der Waals surface area contributed by atoms with E-state index in [2.05, 4.69) is 5.32 Å². The number of anilines is 1. The quantitative estimate of drug-likeness (QED) is 0.819. The number of rotatable bonds is 5. The van der Waals surface area contributed by atoms with Crippen molar-refractivity contribution in [2.45, 2.75) is 26.4 Å². The van der Waals surface area contributed by atoms with Crippen molar-refractivity contribution in [1.82, 2.24) is 0 Å². The molecule has 1 amide bonds. The summed E-state index contributed by atoms with van der Waals surface area (Å²) < 4.78 is 5.46. The third kappa shape index (κ3) is 4.55. The number of hydrogen-bond donors (Lipinski definition) is 2. The molecule has 0 saturated carbocycles. The van der Waals surface area contributed by atoms with Gasteiger partial charge in [0.15, 0.2) is 0 Å². The molecule has 2 N–H and O–H groups in total. The maximum absolute atomic E-state index is 11.0. The van der Waals surface area contributed by atoms with Gasteiger partial charge in [-0.1, -0.05) is 12.1 Å². The zero-order valence-corrected chi connectivity index (χ0v) is 9.77. The Hall–Kier alpha value is -2.04. The van der Waals surface area contributed by atoms with Crippen LogP contribution in [0.5, 0.6) is 5.75 Å². The van der Waals surface area contributed by atoms with Crippen LogP contribution in [0.1, 0.15) is 20.3 Å². The number of nitrogens with one attached hydrogen (secondary N) is 1. The molecule has 0 saturated heterocycles. The lowest BCUT2D eigenvalue weighted by molar-refractivity contribution is -0.138. The molecule has 5 nitrogen and oxygen atoms in total. The number of aliphatic carboxylic acids is 1. The van der Waals surface area contributed by atoms with Crippen molar-refractivity contribution in [3.8, 4) is 5.75 Å². The normalized spacial score (nSPS) is 11.6. The molecule has 0 aliphatic rings. The van der Waals surface area contributed by atoms with Gasteiger partial charge in [0, 0.05) is 6.92 Å². The first-order chi connectivity index (χ1) is 7.99. The molecule has 0 heterocycles. The van der Waals surface area contributed by atoms with E-state index in [0.29, 0.717) is 11.4 Å². The number of para-hydroxylation sites is 2. The third-order valence-corrected chi connectivity index (χ3v) is 1.99. The summed E-state index contributed by atoms with van der Waals surface area (Å²) in [6.45, 7) is 3.07. The molecule has 17 heavy (non-hydrogen) atoms. The standard InChI is InChI=1S/C12H15NO4/c1-8(7-12(15)16)17-11-6-4-3-5-10(11)13-9(2)14/h3-6,8H,7H2,1-2H3,(H,13,14)(H,15,16)/t8-/m1/s1. The molecule has 0 bridgehead atoms. The molecule has 92 valence electrons. The number of benzene rings is 1. The fourth-order valence-corrected chi connectivity index (χ4v) is 1.37. The second-order valence-electron chi connectivity index (χ2n) is 3.70. The smallest absolute Gasteiger partial charge is 0.307 e. The first-order valence-corrected chi connectivity index (χ1v) is 5.24. The monoisotopic (exact) mass is 237 g/mol. The van der Waals surface area contributed by atoms with Crippen molar-refractivity contribution in [1.29, 1.82) is 0 Å². The summed E-state index contributed by atoms with van der Waals surface area (Å²) >= 11 is 0. The zero-order chi connectivity index (χ0) is 12.8. The van der Waals surface area contributed by atoms with Crippen LogP contribution in [0.25, 0.3) is 0 Å². The summed E-state index contributed by atoms with van der Waals surface area (Å²) in [5.41, 5.74) is 0.539. The minimum atomic E-state index is -0.922. The van der Waals surface area contributed by atoms with Gasteiger partial charge in [-0.15, -0.1) is 0 Å². The molecule has 0 aliphatic carbocycles. The summed E-state index contributed by atoms with van der Waals surface area (Å²) in [6.07, 6.45) is -0.545. The molecule has 1 atom stereocenters. The number of amides is 1. The molecule has 0 radical (unpaired) electrons. The van der Waals surface area contributed by atoms with E-state index >= 15 is 0 Å². The summed E-state index contributed by atoms with van der Waals surface area (Å²) in [5, 5.41) is 11.2. The summed E-state index contributed by atoms with van der Waals surface area (Å²) in [6, 6.07) is 6.90. The van der Waals surface area contributed by atoms with Gasteiger partial charge in [0.2, 0.25) is 5.91 Å². The topological polar surface area (TPSA) is 75.6 Å². The van der Waals surface area contributed by atoms with E-state index in [9.17, 15) is 9.59 Å². The maximum atomic E-state index is 11.0. The summed E-state index contributed by atoms with van der Waals surface area (Å²) in [5.74, 6) is -0.655. The van der Waals surface area contributed by atoms with Gasteiger partial charge in [-0.2, -0.15) is 0 Å². The number of ether oxygens (including phenoxy) is 1. The van der Waals surface area contributed by atoms with Crippen LogP contribution >= 0.6 is 0 Å². The highest BCUT2D eigenvalue weighted by atomic mass is 16.5. The van der Waals surface area contributed by atoms with Crippen LogP contribution in [0.2, 0.25) is 0 Å². The van der Waals surface area contributed by atoms with Crippen molar-refractivity contribution in [3.63, 3.8) is 0 Å². The lowest BCUT2D eigenvalue weighted by atomic mass is 10.2. The highest BCUT2D eigenvalue weighted by Gasteiger charge is 2.11. The van der Waals surface area contributed by atoms with E-state index in [0.717, 1.165) is 0 Å². The maximum Gasteiger partial charge on any atom is 0.307 e. The van der Waals surface area contributed by atoms with E-state index < -0.39 is 12.1 Å².